The van der Waals surface area contributed by atoms with Gasteiger partial charge in [0.25, 0.3) is 11.8 Å². The highest BCUT2D eigenvalue weighted by molar-refractivity contribution is 6.11. The van der Waals surface area contributed by atoms with Crippen LogP contribution in [0.2, 0.25) is 0 Å². The Hall–Kier alpha value is -4.40. The van der Waals surface area contributed by atoms with Crippen molar-refractivity contribution in [3.63, 3.8) is 0 Å². The number of hydrogen-bond donors (Lipinski definition) is 2. The molecule has 2 aromatic carbocycles. The highest BCUT2D eigenvalue weighted by Crippen LogP contribution is 2.22. The minimum Gasteiger partial charge on any atom is -0.489 e. The van der Waals surface area contributed by atoms with E-state index in [1.54, 1.807) is 43.2 Å². The summed E-state index contributed by atoms with van der Waals surface area (Å²) in [5.41, 5.74) is 5.42. The smallest absolute Gasteiger partial charge is 0.276 e. The van der Waals surface area contributed by atoms with E-state index in [1.165, 1.54) is 10.9 Å². The summed E-state index contributed by atoms with van der Waals surface area (Å²) >= 11 is 0. The zero-order valence-corrected chi connectivity index (χ0v) is 20.4. The van der Waals surface area contributed by atoms with E-state index in [0.29, 0.717) is 23.5 Å². The first kappa shape index (κ1) is 23.7. The van der Waals surface area contributed by atoms with Crippen LogP contribution in [0.3, 0.4) is 0 Å². The van der Waals surface area contributed by atoms with E-state index in [-0.39, 0.29) is 11.6 Å². The van der Waals surface area contributed by atoms with E-state index in [2.05, 4.69) is 20.8 Å². The van der Waals surface area contributed by atoms with Gasteiger partial charge in [-0.05, 0) is 55.7 Å². The molecule has 0 unspecified atom stereocenters. The zero-order valence-electron chi connectivity index (χ0n) is 20.4. The molecule has 0 aliphatic rings. The summed E-state index contributed by atoms with van der Waals surface area (Å²) in [6.45, 7) is 6.19. The van der Waals surface area contributed by atoms with Crippen LogP contribution in [-0.2, 0) is 20.7 Å². The Labute approximate surface area is 203 Å². The Morgan fingerprint density at radius 1 is 0.886 bits per heavy atom. The number of benzene rings is 2. The fraction of sp³-hybridized carbons (Fsp3) is 0.231. The molecule has 0 fully saturated rings. The van der Waals surface area contributed by atoms with E-state index in [9.17, 15) is 9.59 Å². The SMILES string of the molecule is Cc1ccc(C)c(OCc2cccc(C(=O)Nc3cnn(C)c3C(=O)Nc3cnn(C)c3C)c2)c1. The minimum absolute atomic E-state index is 0.232. The van der Waals surface area contributed by atoms with Crippen LogP contribution in [0.1, 0.15) is 43.2 Å². The van der Waals surface area contributed by atoms with Gasteiger partial charge in [0.1, 0.15) is 18.1 Å². The van der Waals surface area contributed by atoms with Gasteiger partial charge in [-0.25, -0.2) is 0 Å². The van der Waals surface area contributed by atoms with E-state index >= 15 is 0 Å². The predicted octanol–water partition coefficient (Wildman–Crippen LogP) is 4.16. The van der Waals surface area contributed by atoms with Gasteiger partial charge >= 0.3 is 0 Å². The van der Waals surface area contributed by atoms with Crippen LogP contribution in [0.15, 0.2) is 54.9 Å². The van der Waals surface area contributed by atoms with Crippen LogP contribution in [-0.4, -0.2) is 31.4 Å². The van der Waals surface area contributed by atoms with E-state index in [4.69, 9.17) is 4.74 Å². The summed E-state index contributed by atoms with van der Waals surface area (Å²) in [5, 5.41) is 13.9. The number of carbonyl (C=O) groups excluding carboxylic acids is 2. The summed E-state index contributed by atoms with van der Waals surface area (Å²) in [6, 6.07) is 13.2. The van der Waals surface area contributed by atoms with Gasteiger partial charge in [0.15, 0.2) is 0 Å². The third-order valence-corrected chi connectivity index (χ3v) is 5.81. The molecule has 0 saturated heterocycles. The molecule has 0 atom stereocenters. The second kappa shape index (κ2) is 9.84. The molecule has 0 aliphatic carbocycles. The van der Waals surface area contributed by atoms with Crippen molar-refractivity contribution in [3.05, 3.63) is 88.5 Å². The maximum Gasteiger partial charge on any atom is 0.276 e. The Kier molecular flexibility index (Phi) is 6.68. The summed E-state index contributed by atoms with van der Waals surface area (Å²) in [6.07, 6.45) is 3.03. The van der Waals surface area contributed by atoms with Gasteiger partial charge < -0.3 is 15.4 Å². The maximum atomic E-state index is 13.0. The molecule has 9 nitrogen and oxygen atoms in total. The van der Waals surface area contributed by atoms with Crippen molar-refractivity contribution in [2.24, 2.45) is 14.1 Å². The van der Waals surface area contributed by atoms with Crippen LogP contribution in [0.25, 0.3) is 0 Å². The van der Waals surface area contributed by atoms with Crippen LogP contribution >= 0.6 is 0 Å². The second-order valence-corrected chi connectivity index (χ2v) is 8.46. The fourth-order valence-corrected chi connectivity index (χ4v) is 3.62. The van der Waals surface area contributed by atoms with Crippen molar-refractivity contribution >= 4 is 23.2 Å². The normalized spacial score (nSPS) is 10.8. The third kappa shape index (κ3) is 5.24. The molecule has 0 bridgehead atoms. The largest absolute Gasteiger partial charge is 0.489 e. The molecule has 35 heavy (non-hydrogen) atoms. The van der Waals surface area contributed by atoms with Gasteiger partial charge in [-0.3, -0.25) is 19.0 Å². The molecule has 2 aromatic heterocycles. The van der Waals surface area contributed by atoms with Crippen molar-refractivity contribution in [1.29, 1.82) is 0 Å². The van der Waals surface area contributed by atoms with Crippen LogP contribution in [0, 0.1) is 20.8 Å². The van der Waals surface area contributed by atoms with Gasteiger partial charge in [0, 0.05) is 19.7 Å². The molecule has 2 N–H and O–H groups in total. The molecule has 0 saturated carbocycles. The molecule has 4 aromatic rings. The Bertz CT molecular complexity index is 1400. The van der Waals surface area contributed by atoms with Gasteiger partial charge in [-0.2, -0.15) is 10.2 Å². The lowest BCUT2D eigenvalue weighted by atomic mass is 10.1. The monoisotopic (exact) mass is 472 g/mol. The standard InChI is InChI=1S/C26H28N6O3/c1-16-9-10-17(2)23(11-16)35-15-19-7-6-8-20(12-19)25(33)30-22-14-28-32(5)24(22)26(34)29-21-13-27-31(4)18(21)3/h6-14H,15H2,1-5H3,(H,29,34)(H,30,33). The number of amides is 2. The van der Waals surface area contributed by atoms with Crippen molar-refractivity contribution < 1.29 is 14.3 Å². The highest BCUT2D eigenvalue weighted by Gasteiger charge is 2.21. The number of nitrogens with zero attached hydrogens (tertiary/aromatic N) is 4. The molecule has 180 valence electrons. The number of aryl methyl sites for hydroxylation is 4. The highest BCUT2D eigenvalue weighted by atomic mass is 16.5. The van der Waals surface area contributed by atoms with Gasteiger partial charge in [-0.15, -0.1) is 0 Å². The first-order chi connectivity index (χ1) is 16.7. The van der Waals surface area contributed by atoms with Gasteiger partial charge in [0.05, 0.1) is 29.5 Å². The van der Waals surface area contributed by atoms with Crippen LogP contribution < -0.4 is 15.4 Å². The van der Waals surface area contributed by atoms with E-state index < -0.39 is 5.91 Å². The second-order valence-electron chi connectivity index (χ2n) is 8.46. The third-order valence-electron chi connectivity index (χ3n) is 5.81. The number of ether oxygens (including phenoxy) is 1. The lowest BCUT2D eigenvalue weighted by Gasteiger charge is -2.11. The molecule has 2 amide bonds. The Morgan fingerprint density at radius 2 is 1.60 bits per heavy atom. The first-order valence-corrected chi connectivity index (χ1v) is 11.1. The van der Waals surface area contributed by atoms with Crippen molar-refractivity contribution in [2.75, 3.05) is 10.6 Å². The average molecular weight is 473 g/mol. The number of rotatable bonds is 7. The molecular weight excluding hydrogens is 444 g/mol. The minimum atomic E-state index is -0.396. The molecule has 0 radical (unpaired) electrons. The van der Waals surface area contributed by atoms with Crippen LogP contribution in [0.5, 0.6) is 5.75 Å². The summed E-state index contributed by atoms with van der Waals surface area (Å²) < 4.78 is 9.06. The van der Waals surface area contributed by atoms with Gasteiger partial charge in [-0.1, -0.05) is 24.3 Å². The summed E-state index contributed by atoms with van der Waals surface area (Å²) in [5.74, 6) is 0.0694. The van der Waals surface area contributed by atoms with Crippen molar-refractivity contribution in [3.8, 4) is 5.75 Å². The molecule has 4 rings (SSSR count). The predicted molar refractivity (Wildman–Crippen MR) is 134 cm³/mol. The quantitative estimate of drug-likeness (QED) is 0.420. The summed E-state index contributed by atoms with van der Waals surface area (Å²) in [4.78, 5) is 26.0. The topological polar surface area (TPSA) is 103 Å². The molecular formula is C26H28N6O3. The molecule has 0 spiro atoms. The first-order valence-electron chi connectivity index (χ1n) is 11.1. The molecule has 2 heterocycles. The number of hydrogen-bond acceptors (Lipinski definition) is 5. The van der Waals surface area contributed by atoms with Crippen LogP contribution in [0.4, 0.5) is 11.4 Å². The Balaban J connectivity index is 1.47. The number of anilines is 2. The average Bonchev–Trinajstić information content (AvgIpc) is 3.36. The molecule has 9 heteroatoms. The lowest BCUT2D eigenvalue weighted by Crippen LogP contribution is -2.20. The number of nitrogens with one attached hydrogen (secondary N) is 2. The van der Waals surface area contributed by atoms with E-state index in [0.717, 1.165) is 28.1 Å². The van der Waals surface area contributed by atoms with Crippen molar-refractivity contribution in [2.45, 2.75) is 27.4 Å². The molecule has 0 aliphatic heterocycles. The van der Waals surface area contributed by atoms with Crippen molar-refractivity contribution in [1.82, 2.24) is 19.6 Å². The Morgan fingerprint density at radius 3 is 2.34 bits per heavy atom. The number of aromatic nitrogens is 4. The fourth-order valence-electron chi connectivity index (χ4n) is 3.62. The van der Waals surface area contributed by atoms with Gasteiger partial charge in [0.2, 0.25) is 0 Å². The summed E-state index contributed by atoms with van der Waals surface area (Å²) in [7, 11) is 3.44. The maximum absolute atomic E-state index is 13.0. The number of carbonyl (C=O) groups is 2. The van der Waals surface area contributed by atoms with E-state index in [1.807, 2.05) is 45.0 Å². The lowest BCUT2D eigenvalue weighted by molar-refractivity contribution is 0.101. The zero-order chi connectivity index (χ0) is 25.1.